The van der Waals surface area contributed by atoms with E-state index in [1.165, 1.54) is 21.5 Å². The maximum Gasteiger partial charge on any atom is 0.217 e. The zero-order chi connectivity index (χ0) is 25.7. The number of benzene rings is 4. The van der Waals surface area contributed by atoms with Crippen LogP contribution in [0.1, 0.15) is 43.5 Å². The van der Waals surface area contributed by atoms with Gasteiger partial charge in [-0.1, -0.05) is 91.9 Å². The molecule has 1 fully saturated rings. The average Bonchev–Trinajstić information content (AvgIpc) is 3.71. The summed E-state index contributed by atoms with van der Waals surface area (Å²) >= 11 is 0. The number of rotatable bonds is 5. The Balaban J connectivity index is 1.21. The van der Waals surface area contributed by atoms with Gasteiger partial charge in [0.2, 0.25) is 11.8 Å². The zero-order valence-electron chi connectivity index (χ0n) is 21.5. The van der Waals surface area contributed by atoms with E-state index in [4.69, 9.17) is 28.9 Å². The van der Waals surface area contributed by atoms with Crippen molar-refractivity contribution in [2.75, 3.05) is 13.2 Å². The normalized spacial score (nSPS) is 26.3. The summed E-state index contributed by atoms with van der Waals surface area (Å²) in [5.74, 6) is 0.317. The number of ether oxygens (including phenoxy) is 4. The molecule has 0 aliphatic carbocycles. The minimum absolute atomic E-state index is 0.108. The molecule has 4 atom stereocenters. The molecule has 0 aromatic heterocycles. The van der Waals surface area contributed by atoms with Crippen LogP contribution in [0.15, 0.2) is 94.9 Å². The lowest BCUT2D eigenvalue weighted by Gasteiger charge is -2.20. The topological polar surface area (TPSA) is 61.6 Å². The Morgan fingerprint density at radius 1 is 0.658 bits per heavy atom. The highest BCUT2D eigenvalue weighted by Crippen LogP contribution is 2.39. The third-order valence-electron chi connectivity index (χ3n) is 7.87. The van der Waals surface area contributed by atoms with Crippen LogP contribution in [0.25, 0.3) is 21.5 Å². The van der Waals surface area contributed by atoms with Gasteiger partial charge in [0, 0.05) is 0 Å². The minimum Gasteiger partial charge on any atom is -0.476 e. The molecule has 1 saturated heterocycles. The third kappa shape index (κ3) is 3.96. The summed E-state index contributed by atoms with van der Waals surface area (Å²) in [5.41, 5.74) is 2.30. The van der Waals surface area contributed by atoms with Gasteiger partial charge in [-0.2, -0.15) is 0 Å². The number of aliphatic imine (C=N–C) groups is 2. The Bertz CT molecular complexity index is 1450. The van der Waals surface area contributed by atoms with Crippen LogP contribution in [0.3, 0.4) is 0 Å². The van der Waals surface area contributed by atoms with E-state index in [-0.39, 0.29) is 12.1 Å². The molecular formula is C32H30N2O4. The monoisotopic (exact) mass is 506 g/mol. The van der Waals surface area contributed by atoms with Crippen molar-refractivity contribution in [2.45, 2.75) is 50.3 Å². The third-order valence-corrected chi connectivity index (χ3v) is 7.87. The van der Waals surface area contributed by atoms with E-state index in [2.05, 4.69) is 84.9 Å². The predicted octanol–water partition coefficient (Wildman–Crippen LogP) is 6.54. The van der Waals surface area contributed by atoms with Crippen LogP contribution in [-0.4, -0.2) is 43.0 Å². The molecule has 0 amide bonds. The Hall–Kier alpha value is -3.74. The Morgan fingerprint density at radius 2 is 1.11 bits per heavy atom. The lowest BCUT2D eigenvalue weighted by molar-refractivity contribution is -0.154. The Morgan fingerprint density at radius 3 is 1.58 bits per heavy atom. The SMILES string of the molecule is CCC1(C)O[C@@H](C2=N[C@H](c3cccc4ccccc34)CO2)[C@H](C2=N[C@H](c3cccc4ccccc34)CO2)O1. The molecule has 0 radical (unpaired) electrons. The molecule has 4 aromatic rings. The first-order valence-corrected chi connectivity index (χ1v) is 13.3. The van der Waals surface area contributed by atoms with E-state index in [9.17, 15) is 0 Å². The first kappa shape index (κ1) is 23.4. The summed E-state index contributed by atoms with van der Waals surface area (Å²) in [6, 6.07) is 29.2. The molecule has 0 unspecified atom stereocenters. The molecule has 0 bridgehead atoms. The van der Waals surface area contributed by atoms with Crippen LogP contribution in [-0.2, 0) is 18.9 Å². The van der Waals surface area contributed by atoms with Crippen molar-refractivity contribution in [3.8, 4) is 0 Å². The van der Waals surface area contributed by atoms with Crippen LogP contribution in [0.5, 0.6) is 0 Å². The molecule has 3 heterocycles. The smallest absolute Gasteiger partial charge is 0.217 e. The van der Waals surface area contributed by atoms with E-state index in [1.807, 2.05) is 13.8 Å². The molecule has 4 aromatic carbocycles. The van der Waals surface area contributed by atoms with Crippen LogP contribution in [0, 0.1) is 0 Å². The van der Waals surface area contributed by atoms with Crippen LogP contribution < -0.4 is 0 Å². The zero-order valence-corrected chi connectivity index (χ0v) is 21.5. The van der Waals surface area contributed by atoms with E-state index in [1.54, 1.807) is 0 Å². The first-order chi connectivity index (χ1) is 18.6. The van der Waals surface area contributed by atoms with Crippen molar-refractivity contribution >= 4 is 33.3 Å². The van der Waals surface area contributed by atoms with Gasteiger partial charge in [0.1, 0.15) is 25.3 Å². The maximum absolute atomic E-state index is 6.45. The summed E-state index contributed by atoms with van der Waals surface area (Å²) in [4.78, 5) is 10.0. The van der Waals surface area contributed by atoms with Gasteiger partial charge in [0.25, 0.3) is 0 Å². The second-order valence-electron chi connectivity index (χ2n) is 10.3. The first-order valence-electron chi connectivity index (χ1n) is 13.3. The molecule has 6 nitrogen and oxygen atoms in total. The maximum atomic E-state index is 6.45. The van der Waals surface area contributed by atoms with Crippen molar-refractivity contribution in [3.63, 3.8) is 0 Å². The quantitative estimate of drug-likeness (QED) is 0.308. The largest absolute Gasteiger partial charge is 0.476 e. The van der Waals surface area contributed by atoms with Gasteiger partial charge < -0.3 is 18.9 Å². The average molecular weight is 507 g/mol. The van der Waals surface area contributed by atoms with Gasteiger partial charge in [-0.05, 0) is 46.0 Å². The molecular weight excluding hydrogens is 476 g/mol. The van der Waals surface area contributed by atoms with Crippen molar-refractivity contribution in [2.24, 2.45) is 9.98 Å². The fourth-order valence-electron chi connectivity index (χ4n) is 5.71. The number of fused-ring (bicyclic) bond motifs is 2. The van der Waals surface area contributed by atoms with Crippen molar-refractivity contribution in [1.29, 1.82) is 0 Å². The van der Waals surface area contributed by atoms with Gasteiger partial charge in [0.15, 0.2) is 18.0 Å². The molecule has 192 valence electrons. The highest BCUT2D eigenvalue weighted by molar-refractivity contribution is 5.94. The van der Waals surface area contributed by atoms with Gasteiger partial charge in [-0.3, -0.25) is 0 Å². The molecule has 6 heteroatoms. The summed E-state index contributed by atoms with van der Waals surface area (Å²) < 4.78 is 25.3. The van der Waals surface area contributed by atoms with Crippen LogP contribution >= 0.6 is 0 Å². The highest BCUT2D eigenvalue weighted by atomic mass is 16.8. The molecule has 0 spiro atoms. The molecule has 0 N–H and O–H groups in total. The van der Waals surface area contributed by atoms with Gasteiger partial charge in [-0.25, -0.2) is 9.98 Å². The van der Waals surface area contributed by atoms with Crippen molar-refractivity contribution in [1.82, 2.24) is 0 Å². The van der Waals surface area contributed by atoms with E-state index in [0.29, 0.717) is 31.4 Å². The van der Waals surface area contributed by atoms with Crippen LogP contribution in [0.2, 0.25) is 0 Å². The second-order valence-corrected chi connectivity index (χ2v) is 10.3. The molecule has 3 aliphatic heterocycles. The standard InChI is InChI=1S/C32H30N2O4/c1-3-32(2)37-28(30-33-26(18-35-30)24-16-8-12-20-10-4-6-14-22(20)24)29(38-32)31-34-27(19-36-31)25-17-9-13-21-11-5-7-15-23(21)25/h4-17,26-29H,3,18-19H2,1-2H3/t26-,27-,28+,29+/m0/s1. The summed E-state index contributed by atoms with van der Waals surface area (Å²) in [6.45, 7) is 4.93. The van der Waals surface area contributed by atoms with E-state index in [0.717, 1.165) is 11.1 Å². The van der Waals surface area contributed by atoms with Crippen molar-refractivity contribution < 1.29 is 18.9 Å². The number of nitrogens with zero attached hydrogens (tertiary/aromatic N) is 2. The number of hydrogen-bond donors (Lipinski definition) is 0. The van der Waals surface area contributed by atoms with E-state index >= 15 is 0 Å². The van der Waals surface area contributed by atoms with Gasteiger partial charge >= 0.3 is 0 Å². The summed E-state index contributed by atoms with van der Waals surface area (Å²) in [7, 11) is 0. The Labute approximate surface area is 221 Å². The van der Waals surface area contributed by atoms with Gasteiger partial charge in [0.05, 0.1) is 0 Å². The molecule has 0 saturated carbocycles. The van der Waals surface area contributed by atoms with Crippen LogP contribution in [0.4, 0.5) is 0 Å². The molecule has 38 heavy (non-hydrogen) atoms. The fraction of sp³-hybridized carbons (Fsp3) is 0.312. The summed E-state index contributed by atoms with van der Waals surface area (Å²) in [5, 5.41) is 4.76. The Kier molecular flexibility index (Phi) is 5.68. The lowest BCUT2D eigenvalue weighted by Crippen LogP contribution is -2.37. The second kappa shape index (κ2) is 9.22. The molecule has 7 rings (SSSR count). The summed E-state index contributed by atoms with van der Waals surface area (Å²) in [6.07, 6.45) is -0.366. The van der Waals surface area contributed by atoms with E-state index < -0.39 is 18.0 Å². The van der Waals surface area contributed by atoms with Gasteiger partial charge in [-0.15, -0.1) is 0 Å². The number of hydrogen-bond acceptors (Lipinski definition) is 6. The fourth-order valence-corrected chi connectivity index (χ4v) is 5.71. The highest BCUT2D eigenvalue weighted by Gasteiger charge is 2.52. The molecule has 3 aliphatic rings. The predicted molar refractivity (Wildman–Crippen MR) is 149 cm³/mol. The minimum atomic E-state index is -0.776. The van der Waals surface area contributed by atoms with Crippen molar-refractivity contribution in [3.05, 3.63) is 96.1 Å². The lowest BCUT2D eigenvalue weighted by atomic mass is 10.00.